The van der Waals surface area contributed by atoms with Crippen LogP contribution in [-0.4, -0.2) is 52.5 Å². The molecule has 2 unspecified atom stereocenters. The fourth-order valence-electron chi connectivity index (χ4n) is 3.27. The first kappa shape index (κ1) is 20.4. The lowest BCUT2D eigenvalue weighted by Gasteiger charge is -2.19. The van der Waals surface area contributed by atoms with Gasteiger partial charge in [0.1, 0.15) is 6.23 Å². The summed E-state index contributed by atoms with van der Waals surface area (Å²) in [6.07, 6.45) is -1.62. The number of carbonyl (C=O) groups is 4. The summed E-state index contributed by atoms with van der Waals surface area (Å²) in [6, 6.07) is 13.5. The van der Waals surface area contributed by atoms with Crippen LogP contribution in [0.15, 0.2) is 48.5 Å². The van der Waals surface area contributed by atoms with Gasteiger partial charge >= 0.3 is 5.91 Å². The summed E-state index contributed by atoms with van der Waals surface area (Å²) in [7, 11) is 0. The Labute approximate surface area is 167 Å². The van der Waals surface area contributed by atoms with E-state index < -0.39 is 35.7 Å². The number of rotatable bonds is 3. The molecule has 0 spiro atoms. The van der Waals surface area contributed by atoms with Gasteiger partial charge in [-0.3, -0.25) is 24.1 Å². The molecule has 2 aliphatic heterocycles. The Bertz CT molecular complexity index is 998. The van der Waals surface area contributed by atoms with Crippen molar-refractivity contribution in [2.75, 3.05) is 16.3 Å². The first-order chi connectivity index (χ1) is 13.7. The van der Waals surface area contributed by atoms with Gasteiger partial charge in [-0.05, 0) is 38.1 Å². The SMILES string of the molecule is CC(O)CN1C(=O)C(=O)c2ccccc21.CC(O)N1C(=O)C(=O)c2ccccc21. The number of hydrogen-bond acceptors (Lipinski definition) is 6. The number of hydrogen-bond donors (Lipinski definition) is 2. The van der Waals surface area contributed by atoms with Crippen LogP contribution in [-0.2, 0) is 9.59 Å². The van der Waals surface area contributed by atoms with Crippen LogP contribution in [0.2, 0.25) is 0 Å². The van der Waals surface area contributed by atoms with E-state index in [4.69, 9.17) is 0 Å². The second-order valence-corrected chi connectivity index (χ2v) is 6.76. The highest BCUT2D eigenvalue weighted by atomic mass is 16.3. The minimum Gasteiger partial charge on any atom is -0.392 e. The van der Waals surface area contributed by atoms with E-state index >= 15 is 0 Å². The quantitative estimate of drug-likeness (QED) is 0.752. The van der Waals surface area contributed by atoms with Gasteiger partial charge in [0.05, 0.1) is 35.2 Å². The second kappa shape index (κ2) is 7.94. The standard InChI is InChI=1S/C11H11NO3.C10H9NO3/c1-7(13)6-12-9-5-3-2-4-8(9)10(14)11(12)15;1-6(12)11-8-5-3-2-4-7(8)9(13)10(11)14/h2-5,7,13H,6H2,1H3;2-6,12H,1H3. The number of ketones is 2. The molecule has 2 aromatic carbocycles. The average Bonchev–Trinajstić information content (AvgIpc) is 3.09. The number of β-amino-alcohol motifs (C(OH)–C–C–N with tert-alkyl or cyclic N) is 1. The van der Waals surface area contributed by atoms with E-state index in [1.165, 1.54) is 11.8 Å². The molecule has 0 saturated carbocycles. The minimum atomic E-state index is -0.977. The summed E-state index contributed by atoms with van der Waals surface area (Å²) in [5, 5.41) is 18.6. The molecule has 2 aliphatic rings. The zero-order chi connectivity index (χ0) is 21.3. The summed E-state index contributed by atoms with van der Waals surface area (Å²) in [6.45, 7) is 3.19. The lowest BCUT2D eigenvalue weighted by Crippen LogP contribution is -2.37. The van der Waals surface area contributed by atoms with Crippen molar-refractivity contribution in [2.24, 2.45) is 0 Å². The number of amides is 2. The number of carbonyl (C=O) groups excluding carboxylic acids is 4. The van der Waals surface area contributed by atoms with E-state index in [9.17, 15) is 29.4 Å². The molecular formula is C21H20N2O6. The Morgan fingerprint density at radius 2 is 1.24 bits per heavy atom. The molecule has 150 valence electrons. The molecule has 8 heteroatoms. The van der Waals surface area contributed by atoms with Crippen LogP contribution in [0.3, 0.4) is 0 Å². The molecule has 0 aliphatic carbocycles. The molecule has 2 heterocycles. The van der Waals surface area contributed by atoms with Crippen molar-refractivity contribution in [3.63, 3.8) is 0 Å². The summed E-state index contributed by atoms with van der Waals surface area (Å²) in [5.41, 5.74) is 1.85. The maximum Gasteiger partial charge on any atom is 0.301 e. The Hall–Kier alpha value is -3.36. The molecule has 2 atom stereocenters. The Morgan fingerprint density at radius 1 is 0.759 bits per heavy atom. The molecule has 29 heavy (non-hydrogen) atoms. The summed E-state index contributed by atoms with van der Waals surface area (Å²) >= 11 is 0. The molecule has 0 fully saturated rings. The molecule has 2 amide bonds. The molecule has 0 bridgehead atoms. The molecule has 0 radical (unpaired) electrons. The van der Waals surface area contributed by atoms with E-state index in [1.807, 2.05) is 0 Å². The van der Waals surface area contributed by atoms with Crippen LogP contribution < -0.4 is 9.80 Å². The van der Waals surface area contributed by atoms with Crippen LogP contribution >= 0.6 is 0 Å². The van der Waals surface area contributed by atoms with Crippen LogP contribution in [0, 0.1) is 0 Å². The van der Waals surface area contributed by atoms with Gasteiger partial charge in [-0.25, -0.2) is 0 Å². The van der Waals surface area contributed by atoms with Crippen LogP contribution in [0.4, 0.5) is 11.4 Å². The average molecular weight is 396 g/mol. The number of aliphatic hydroxyl groups is 2. The van der Waals surface area contributed by atoms with Crippen molar-refractivity contribution >= 4 is 34.8 Å². The van der Waals surface area contributed by atoms with E-state index in [1.54, 1.807) is 55.5 Å². The lowest BCUT2D eigenvalue weighted by molar-refractivity contribution is -0.116. The monoisotopic (exact) mass is 396 g/mol. The maximum atomic E-state index is 11.6. The highest BCUT2D eigenvalue weighted by Crippen LogP contribution is 2.29. The summed E-state index contributed by atoms with van der Waals surface area (Å²) in [5.74, 6) is -2.27. The maximum absolute atomic E-state index is 11.6. The van der Waals surface area contributed by atoms with Gasteiger partial charge in [-0.1, -0.05) is 24.3 Å². The van der Waals surface area contributed by atoms with Gasteiger partial charge < -0.3 is 15.1 Å². The van der Waals surface area contributed by atoms with Crippen LogP contribution in [0.25, 0.3) is 0 Å². The first-order valence-electron chi connectivity index (χ1n) is 9.02. The van der Waals surface area contributed by atoms with Crippen LogP contribution in [0.1, 0.15) is 34.6 Å². The molecule has 2 aromatic rings. The molecule has 0 aromatic heterocycles. The number of para-hydroxylation sites is 2. The van der Waals surface area contributed by atoms with Gasteiger partial charge in [-0.2, -0.15) is 0 Å². The van der Waals surface area contributed by atoms with Crippen molar-refractivity contribution < 1.29 is 29.4 Å². The Kier molecular flexibility index (Phi) is 5.58. The third-order valence-corrected chi connectivity index (χ3v) is 4.52. The number of fused-ring (bicyclic) bond motifs is 2. The number of benzene rings is 2. The fourth-order valence-corrected chi connectivity index (χ4v) is 3.27. The van der Waals surface area contributed by atoms with Gasteiger partial charge in [0.15, 0.2) is 0 Å². The molecule has 8 nitrogen and oxygen atoms in total. The van der Waals surface area contributed by atoms with E-state index in [2.05, 4.69) is 0 Å². The van der Waals surface area contributed by atoms with Gasteiger partial charge in [0, 0.05) is 0 Å². The smallest absolute Gasteiger partial charge is 0.301 e. The van der Waals surface area contributed by atoms with Crippen molar-refractivity contribution in [2.45, 2.75) is 26.2 Å². The Morgan fingerprint density at radius 3 is 1.79 bits per heavy atom. The topological polar surface area (TPSA) is 115 Å². The Balaban J connectivity index is 0.000000166. The number of aliphatic hydroxyl groups excluding tert-OH is 2. The highest BCUT2D eigenvalue weighted by molar-refractivity contribution is 6.52. The van der Waals surface area contributed by atoms with Crippen molar-refractivity contribution in [3.8, 4) is 0 Å². The van der Waals surface area contributed by atoms with E-state index in [0.29, 0.717) is 22.5 Å². The van der Waals surface area contributed by atoms with Crippen LogP contribution in [0.5, 0.6) is 0 Å². The van der Waals surface area contributed by atoms with Crippen molar-refractivity contribution in [1.82, 2.24) is 0 Å². The predicted molar refractivity (Wildman–Crippen MR) is 105 cm³/mol. The molecular weight excluding hydrogens is 376 g/mol. The fraction of sp³-hybridized carbons (Fsp3) is 0.238. The molecule has 2 N–H and O–H groups in total. The lowest BCUT2D eigenvalue weighted by atomic mass is 10.1. The van der Waals surface area contributed by atoms with E-state index in [-0.39, 0.29) is 6.54 Å². The number of anilines is 2. The molecule has 0 saturated heterocycles. The normalized spacial score (nSPS) is 17.0. The minimum absolute atomic E-state index is 0.154. The third kappa shape index (κ3) is 3.67. The van der Waals surface area contributed by atoms with Crippen molar-refractivity contribution in [3.05, 3.63) is 59.7 Å². The van der Waals surface area contributed by atoms with Gasteiger partial charge in [-0.15, -0.1) is 0 Å². The number of Topliss-reactive ketones (excluding diaryl/α,β-unsaturated/α-hetero) is 2. The highest BCUT2D eigenvalue weighted by Gasteiger charge is 2.37. The van der Waals surface area contributed by atoms with Gasteiger partial charge in [0.2, 0.25) is 0 Å². The third-order valence-electron chi connectivity index (χ3n) is 4.52. The zero-order valence-electron chi connectivity index (χ0n) is 15.9. The predicted octanol–water partition coefficient (Wildman–Crippen LogP) is 1.15. The summed E-state index contributed by atoms with van der Waals surface area (Å²) in [4.78, 5) is 48.3. The summed E-state index contributed by atoms with van der Waals surface area (Å²) < 4.78 is 0. The number of nitrogens with zero attached hydrogens (tertiary/aromatic N) is 2. The largest absolute Gasteiger partial charge is 0.392 e. The second-order valence-electron chi connectivity index (χ2n) is 6.76. The zero-order valence-corrected chi connectivity index (χ0v) is 15.9. The van der Waals surface area contributed by atoms with Gasteiger partial charge in [0.25, 0.3) is 17.5 Å². The van der Waals surface area contributed by atoms with E-state index in [0.717, 1.165) is 4.90 Å². The first-order valence-corrected chi connectivity index (χ1v) is 9.02. The van der Waals surface area contributed by atoms with Crippen molar-refractivity contribution in [1.29, 1.82) is 0 Å². The molecule has 4 rings (SSSR count).